The molecule has 0 aromatic heterocycles. The number of halogens is 3. The number of carbonyl (C=O) groups is 2. The van der Waals surface area contributed by atoms with Crippen LogP contribution >= 0.6 is 34.8 Å². The van der Waals surface area contributed by atoms with Crippen LogP contribution in [-0.4, -0.2) is 18.4 Å². The average molecular weight is 398 g/mol. The molecule has 2 aromatic carbocycles. The minimum Gasteiger partial charge on any atom is -0.352 e. The Morgan fingerprint density at radius 3 is 2.56 bits per heavy atom. The van der Waals surface area contributed by atoms with Crippen molar-refractivity contribution in [3.05, 3.63) is 63.1 Å². The summed E-state index contributed by atoms with van der Waals surface area (Å²) in [7, 11) is 0. The first-order chi connectivity index (χ1) is 12.0. The Labute approximate surface area is 160 Å². The van der Waals surface area contributed by atoms with Crippen LogP contribution < -0.4 is 10.2 Å². The summed E-state index contributed by atoms with van der Waals surface area (Å²) in [6.45, 7) is 0.640. The molecular formula is C18H15Cl3N2O2. The van der Waals surface area contributed by atoms with E-state index in [1.807, 2.05) is 18.2 Å². The van der Waals surface area contributed by atoms with Crippen molar-refractivity contribution < 1.29 is 9.59 Å². The van der Waals surface area contributed by atoms with E-state index < -0.39 is 5.92 Å². The van der Waals surface area contributed by atoms with E-state index in [0.717, 1.165) is 5.56 Å². The van der Waals surface area contributed by atoms with Crippen molar-refractivity contribution in [2.45, 2.75) is 13.0 Å². The summed E-state index contributed by atoms with van der Waals surface area (Å²) in [5.74, 6) is -0.698. The highest BCUT2D eigenvalue weighted by Crippen LogP contribution is 2.31. The van der Waals surface area contributed by atoms with E-state index in [4.69, 9.17) is 34.8 Å². The average Bonchev–Trinajstić information content (AvgIpc) is 2.98. The number of amides is 2. The third kappa shape index (κ3) is 4.09. The van der Waals surface area contributed by atoms with E-state index in [1.165, 1.54) is 0 Å². The third-order valence-electron chi connectivity index (χ3n) is 4.12. The highest BCUT2D eigenvalue weighted by Gasteiger charge is 2.35. The molecule has 1 saturated heterocycles. The van der Waals surface area contributed by atoms with Crippen molar-refractivity contribution in [2.24, 2.45) is 5.92 Å². The SMILES string of the molecule is O=C(NCc1ccccc1Cl)C1CC(=O)N(c2ccc(Cl)c(Cl)c2)C1. The van der Waals surface area contributed by atoms with Crippen LogP contribution in [0, 0.1) is 5.92 Å². The van der Waals surface area contributed by atoms with E-state index in [0.29, 0.717) is 33.8 Å². The lowest BCUT2D eigenvalue weighted by Crippen LogP contribution is -2.32. The zero-order valence-electron chi connectivity index (χ0n) is 13.1. The van der Waals surface area contributed by atoms with Gasteiger partial charge in [-0.25, -0.2) is 0 Å². The van der Waals surface area contributed by atoms with Gasteiger partial charge in [-0.1, -0.05) is 53.0 Å². The molecule has 0 saturated carbocycles. The number of rotatable bonds is 4. The molecular weight excluding hydrogens is 383 g/mol. The minimum absolute atomic E-state index is 0.115. The fraction of sp³-hybridized carbons (Fsp3) is 0.222. The summed E-state index contributed by atoms with van der Waals surface area (Å²) in [6, 6.07) is 12.3. The smallest absolute Gasteiger partial charge is 0.227 e. The molecule has 1 N–H and O–H groups in total. The molecule has 130 valence electrons. The van der Waals surface area contributed by atoms with Gasteiger partial charge in [0.15, 0.2) is 0 Å². The number of hydrogen-bond acceptors (Lipinski definition) is 2. The first-order valence-corrected chi connectivity index (χ1v) is 8.85. The van der Waals surface area contributed by atoms with Crippen molar-refractivity contribution in [3.8, 4) is 0 Å². The van der Waals surface area contributed by atoms with Crippen molar-refractivity contribution in [1.29, 1.82) is 0 Å². The van der Waals surface area contributed by atoms with E-state index in [9.17, 15) is 9.59 Å². The minimum atomic E-state index is -0.413. The Kier molecular flexibility index (Phi) is 5.52. The predicted molar refractivity (Wildman–Crippen MR) is 100 cm³/mol. The molecule has 7 heteroatoms. The summed E-state index contributed by atoms with van der Waals surface area (Å²) < 4.78 is 0. The van der Waals surface area contributed by atoms with Crippen molar-refractivity contribution in [2.75, 3.05) is 11.4 Å². The third-order valence-corrected chi connectivity index (χ3v) is 5.23. The molecule has 0 aliphatic carbocycles. The van der Waals surface area contributed by atoms with Crippen LogP contribution in [0.25, 0.3) is 0 Å². The van der Waals surface area contributed by atoms with Gasteiger partial charge in [-0.3, -0.25) is 9.59 Å². The van der Waals surface area contributed by atoms with Crippen LogP contribution in [0.1, 0.15) is 12.0 Å². The van der Waals surface area contributed by atoms with Gasteiger partial charge in [0.05, 0.1) is 16.0 Å². The molecule has 2 amide bonds. The molecule has 2 aromatic rings. The molecule has 4 nitrogen and oxygen atoms in total. The molecule has 1 atom stereocenters. The molecule has 1 aliphatic rings. The Hall–Kier alpha value is -1.75. The number of hydrogen-bond donors (Lipinski definition) is 1. The van der Waals surface area contributed by atoms with Crippen molar-refractivity contribution in [1.82, 2.24) is 5.32 Å². The molecule has 1 unspecified atom stereocenters. The summed E-state index contributed by atoms with van der Waals surface area (Å²) in [4.78, 5) is 26.2. The van der Waals surface area contributed by atoms with Gasteiger partial charge in [0.2, 0.25) is 11.8 Å². The van der Waals surface area contributed by atoms with E-state index in [2.05, 4.69) is 5.32 Å². The lowest BCUT2D eigenvalue weighted by atomic mass is 10.1. The number of carbonyl (C=O) groups excluding carboxylic acids is 2. The maximum atomic E-state index is 12.4. The Morgan fingerprint density at radius 2 is 1.84 bits per heavy atom. The molecule has 1 heterocycles. The normalized spacial score (nSPS) is 17.0. The fourth-order valence-corrected chi connectivity index (χ4v) is 3.25. The predicted octanol–water partition coefficient (Wildman–Crippen LogP) is 4.32. The highest BCUT2D eigenvalue weighted by molar-refractivity contribution is 6.42. The topological polar surface area (TPSA) is 49.4 Å². The molecule has 25 heavy (non-hydrogen) atoms. The summed E-state index contributed by atoms with van der Waals surface area (Å²) in [5.41, 5.74) is 1.48. The van der Waals surface area contributed by atoms with Gasteiger partial charge in [-0.15, -0.1) is 0 Å². The first kappa shape index (κ1) is 18.1. The summed E-state index contributed by atoms with van der Waals surface area (Å²) in [5, 5.41) is 4.24. The quantitative estimate of drug-likeness (QED) is 0.835. The van der Waals surface area contributed by atoms with Crippen LogP contribution in [0.3, 0.4) is 0 Å². The van der Waals surface area contributed by atoms with Crippen LogP contribution in [-0.2, 0) is 16.1 Å². The van der Waals surface area contributed by atoms with E-state index >= 15 is 0 Å². The Bertz CT molecular complexity index is 826. The lowest BCUT2D eigenvalue weighted by Gasteiger charge is -2.17. The molecule has 0 spiro atoms. The van der Waals surface area contributed by atoms with Crippen LogP contribution in [0.5, 0.6) is 0 Å². The summed E-state index contributed by atoms with van der Waals surface area (Å²) in [6.07, 6.45) is 0.161. The largest absolute Gasteiger partial charge is 0.352 e. The highest BCUT2D eigenvalue weighted by atomic mass is 35.5. The number of benzene rings is 2. The maximum absolute atomic E-state index is 12.4. The van der Waals surface area contributed by atoms with Crippen LogP contribution in [0.4, 0.5) is 5.69 Å². The second-order valence-electron chi connectivity index (χ2n) is 5.81. The van der Waals surface area contributed by atoms with Gasteiger partial charge < -0.3 is 10.2 Å². The van der Waals surface area contributed by atoms with E-state index in [1.54, 1.807) is 29.2 Å². The van der Waals surface area contributed by atoms with Crippen molar-refractivity contribution >= 4 is 52.3 Å². The molecule has 0 bridgehead atoms. The van der Waals surface area contributed by atoms with Crippen molar-refractivity contribution in [3.63, 3.8) is 0 Å². The zero-order valence-corrected chi connectivity index (χ0v) is 15.4. The van der Waals surface area contributed by atoms with Crippen LogP contribution in [0.15, 0.2) is 42.5 Å². The number of nitrogens with zero attached hydrogens (tertiary/aromatic N) is 1. The van der Waals surface area contributed by atoms with Gasteiger partial charge in [0.25, 0.3) is 0 Å². The maximum Gasteiger partial charge on any atom is 0.227 e. The molecule has 1 fully saturated rings. The first-order valence-electron chi connectivity index (χ1n) is 7.72. The van der Waals surface area contributed by atoms with Gasteiger partial charge in [-0.2, -0.15) is 0 Å². The Morgan fingerprint density at radius 1 is 1.08 bits per heavy atom. The molecule has 1 aliphatic heterocycles. The van der Waals surface area contributed by atoms with Gasteiger partial charge >= 0.3 is 0 Å². The molecule has 0 radical (unpaired) electrons. The monoisotopic (exact) mass is 396 g/mol. The van der Waals surface area contributed by atoms with E-state index in [-0.39, 0.29) is 18.2 Å². The second-order valence-corrected chi connectivity index (χ2v) is 7.03. The summed E-state index contributed by atoms with van der Waals surface area (Å²) >= 11 is 18.0. The lowest BCUT2D eigenvalue weighted by molar-refractivity contribution is -0.126. The number of anilines is 1. The molecule has 3 rings (SSSR count). The zero-order chi connectivity index (χ0) is 18.0. The second kappa shape index (κ2) is 7.65. The van der Waals surface area contributed by atoms with Gasteiger partial charge in [0, 0.05) is 30.2 Å². The number of nitrogens with one attached hydrogen (secondary N) is 1. The van der Waals surface area contributed by atoms with Crippen LogP contribution in [0.2, 0.25) is 15.1 Å². The Balaban J connectivity index is 1.64. The fourth-order valence-electron chi connectivity index (χ4n) is 2.75. The van der Waals surface area contributed by atoms with Gasteiger partial charge in [0.1, 0.15) is 0 Å². The standard InChI is InChI=1S/C18H15Cl3N2O2/c19-14-4-2-1-3-11(14)9-22-18(25)12-7-17(24)23(10-12)13-5-6-15(20)16(21)8-13/h1-6,8,12H,7,9-10H2,(H,22,25). The van der Waals surface area contributed by atoms with Gasteiger partial charge in [-0.05, 0) is 29.8 Å².